The molecule has 2 aromatic heterocycles. The van der Waals surface area contributed by atoms with Crippen LogP contribution in [-0.2, 0) is 5.41 Å². The number of hydrogen-bond acceptors (Lipinski definition) is 6. The van der Waals surface area contributed by atoms with Gasteiger partial charge in [-0.25, -0.2) is 9.97 Å². The quantitative estimate of drug-likeness (QED) is 0.675. The van der Waals surface area contributed by atoms with Crippen LogP contribution >= 0.6 is 34.7 Å². The molecule has 0 bridgehead atoms. The average Bonchev–Trinajstić information content (AvgIpc) is 2.75. The van der Waals surface area contributed by atoms with Gasteiger partial charge in [-0.1, -0.05) is 36.9 Å². The molecule has 20 heavy (non-hydrogen) atoms. The number of nitrogens with zero attached hydrogens (tertiary/aromatic N) is 4. The van der Waals surface area contributed by atoms with Crippen LogP contribution in [0.2, 0.25) is 10.4 Å². The molecule has 9 heteroatoms. The average molecular weight is 332 g/mol. The van der Waals surface area contributed by atoms with E-state index in [1.54, 1.807) is 0 Å². The van der Waals surface area contributed by atoms with Gasteiger partial charge in [0, 0.05) is 11.5 Å². The number of aromatic nitrogens is 4. The summed E-state index contributed by atoms with van der Waals surface area (Å²) in [6.07, 6.45) is 0. The van der Waals surface area contributed by atoms with Gasteiger partial charge in [-0.15, -0.1) is 5.10 Å². The Morgan fingerprint density at radius 3 is 2.60 bits per heavy atom. The number of carbonyl (C=O) groups is 1. The Labute approximate surface area is 129 Å². The summed E-state index contributed by atoms with van der Waals surface area (Å²) in [6.45, 7) is 5.87. The molecule has 0 saturated heterocycles. The van der Waals surface area contributed by atoms with E-state index >= 15 is 0 Å². The minimum absolute atomic E-state index is 0.0359. The van der Waals surface area contributed by atoms with Crippen molar-refractivity contribution in [2.45, 2.75) is 26.2 Å². The van der Waals surface area contributed by atoms with Gasteiger partial charge >= 0.3 is 0 Å². The fourth-order valence-electron chi connectivity index (χ4n) is 1.46. The molecule has 0 saturated carbocycles. The highest BCUT2D eigenvalue weighted by Crippen LogP contribution is 2.26. The fourth-order valence-corrected chi connectivity index (χ4v) is 2.64. The van der Waals surface area contributed by atoms with Gasteiger partial charge in [-0.2, -0.15) is 0 Å². The fraction of sp³-hybridized carbons (Fsp3) is 0.364. The lowest BCUT2D eigenvalue weighted by atomic mass is 9.91. The van der Waals surface area contributed by atoms with Crippen LogP contribution in [0.5, 0.6) is 0 Å². The molecule has 0 radical (unpaired) electrons. The summed E-state index contributed by atoms with van der Waals surface area (Å²) in [4.78, 5) is 20.3. The van der Waals surface area contributed by atoms with Crippen molar-refractivity contribution in [3.63, 3.8) is 0 Å². The van der Waals surface area contributed by atoms with E-state index in [2.05, 4.69) is 24.9 Å². The highest BCUT2D eigenvalue weighted by molar-refractivity contribution is 7.08. The Kier molecular flexibility index (Phi) is 4.22. The second-order valence-electron chi connectivity index (χ2n) is 5.00. The summed E-state index contributed by atoms with van der Waals surface area (Å²) in [5.41, 5.74) is 0.354. The summed E-state index contributed by atoms with van der Waals surface area (Å²) in [7, 11) is 0. The Morgan fingerprint density at radius 1 is 1.30 bits per heavy atom. The molecule has 0 aliphatic heterocycles. The summed E-state index contributed by atoms with van der Waals surface area (Å²) in [5.74, 6) is -0.121. The maximum atomic E-state index is 12.2. The van der Waals surface area contributed by atoms with Gasteiger partial charge in [-0.3, -0.25) is 4.79 Å². The normalized spacial score (nSPS) is 11.4. The zero-order valence-electron chi connectivity index (χ0n) is 10.9. The highest BCUT2D eigenvalue weighted by atomic mass is 35.5. The summed E-state index contributed by atoms with van der Waals surface area (Å²) < 4.78 is 3.83. The molecule has 0 aliphatic rings. The van der Waals surface area contributed by atoms with E-state index < -0.39 is 0 Å². The van der Waals surface area contributed by atoms with Crippen molar-refractivity contribution in [1.82, 2.24) is 19.6 Å². The second-order valence-corrected chi connectivity index (χ2v) is 6.48. The van der Waals surface area contributed by atoms with E-state index in [4.69, 9.17) is 23.2 Å². The molecule has 2 rings (SSSR count). The summed E-state index contributed by atoms with van der Waals surface area (Å²) >= 11 is 12.5. The zero-order valence-corrected chi connectivity index (χ0v) is 13.3. The van der Waals surface area contributed by atoms with Gasteiger partial charge in [0.15, 0.2) is 0 Å². The van der Waals surface area contributed by atoms with Crippen LogP contribution in [0.3, 0.4) is 0 Å². The minimum atomic E-state index is -0.351. The molecule has 0 unspecified atom stereocenters. The third-order valence-corrected chi connectivity index (χ3v) is 3.40. The first-order valence-corrected chi connectivity index (χ1v) is 7.14. The minimum Gasteiger partial charge on any atom is -0.306 e. The lowest BCUT2D eigenvalue weighted by molar-refractivity contribution is 0.102. The van der Waals surface area contributed by atoms with E-state index in [0.29, 0.717) is 10.6 Å². The Morgan fingerprint density at radius 2 is 2.00 bits per heavy atom. The van der Waals surface area contributed by atoms with Gasteiger partial charge in [0.05, 0.1) is 5.69 Å². The maximum Gasteiger partial charge on any atom is 0.270 e. The van der Waals surface area contributed by atoms with Crippen LogP contribution in [0.4, 0.5) is 5.82 Å². The van der Waals surface area contributed by atoms with Crippen molar-refractivity contribution < 1.29 is 4.79 Å². The van der Waals surface area contributed by atoms with Crippen molar-refractivity contribution in [1.29, 1.82) is 0 Å². The van der Waals surface area contributed by atoms with E-state index in [0.717, 1.165) is 11.5 Å². The van der Waals surface area contributed by atoms with Gasteiger partial charge in [0.1, 0.15) is 15.8 Å². The Hall–Kier alpha value is -1.31. The van der Waals surface area contributed by atoms with E-state index in [1.165, 1.54) is 6.07 Å². The molecule has 0 spiro atoms. The van der Waals surface area contributed by atoms with Crippen LogP contribution < -0.4 is 5.32 Å². The van der Waals surface area contributed by atoms with Crippen LogP contribution in [0.1, 0.15) is 36.1 Å². The lowest BCUT2D eigenvalue weighted by Gasteiger charge is -2.16. The molecular weight excluding hydrogens is 321 g/mol. The number of carbonyl (C=O) groups excluding carboxylic acids is 1. The van der Waals surface area contributed by atoms with Crippen molar-refractivity contribution in [3.05, 3.63) is 27.1 Å². The smallest absolute Gasteiger partial charge is 0.270 e. The number of hydrogen-bond donors (Lipinski definition) is 1. The van der Waals surface area contributed by atoms with E-state index in [9.17, 15) is 4.79 Å². The Bertz CT molecular complexity index is 632. The first-order valence-electron chi connectivity index (χ1n) is 5.61. The first kappa shape index (κ1) is 15.1. The van der Waals surface area contributed by atoms with Gasteiger partial charge < -0.3 is 5.32 Å². The van der Waals surface area contributed by atoms with Crippen molar-refractivity contribution >= 4 is 46.5 Å². The monoisotopic (exact) mass is 331 g/mol. The molecule has 1 N–H and O–H groups in total. The molecule has 0 fully saturated rings. The number of halogens is 2. The predicted molar refractivity (Wildman–Crippen MR) is 78.6 cm³/mol. The molecule has 106 valence electrons. The predicted octanol–water partition coefficient (Wildman–Crippen LogP) is 3.18. The highest BCUT2D eigenvalue weighted by Gasteiger charge is 2.26. The van der Waals surface area contributed by atoms with Crippen LogP contribution in [-0.4, -0.2) is 25.5 Å². The van der Waals surface area contributed by atoms with Gasteiger partial charge in [0.25, 0.3) is 5.91 Å². The summed E-state index contributed by atoms with van der Waals surface area (Å²) in [6, 6.07) is 1.41. The van der Waals surface area contributed by atoms with Crippen molar-refractivity contribution in [3.8, 4) is 0 Å². The molecule has 0 aromatic carbocycles. The van der Waals surface area contributed by atoms with Crippen LogP contribution in [0.15, 0.2) is 6.07 Å². The number of anilines is 1. The molecule has 2 aromatic rings. The largest absolute Gasteiger partial charge is 0.306 e. The summed E-state index contributed by atoms with van der Waals surface area (Å²) in [5, 5.41) is 6.73. The third-order valence-electron chi connectivity index (χ3n) is 2.31. The Balaban J connectivity index is 2.27. The SMILES string of the molecule is CC(C)(C)c1nnsc1C(=O)Nc1cc(Cl)nc(Cl)n1. The first-order chi connectivity index (χ1) is 9.27. The van der Waals surface area contributed by atoms with E-state index in [-0.39, 0.29) is 27.6 Å². The standard InChI is InChI=1S/C11H11Cl2N5OS/c1-11(2,3)8-7(20-18-17-8)9(19)15-6-4-5(12)14-10(13)16-6/h4H,1-3H3,(H,14,15,16,19). The number of nitrogens with one attached hydrogen (secondary N) is 1. The number of rotatable bonds is 2. The van der Waals surface area contributed by atoms with Crippen molar-refractivity contribution in [2.75, 3.05) is 5.32 Å². The van der Waals surface area contributed by atoms with Crippen LogP contribution in [0, 0.1) is 0 Å². The zero-order chi connectivity index (χ0) is 14.9. The molecule has 1 amide bonds. The van der Waals surface area contributed by atoms with E-state index in [1.807, 2.05) is 20.8 Å². The topological polar surface area (TPSA) is 80.7 Å². The molecule has 0 atom stereocenters. The molecule has 0 aliphatic carbocycles. The van der Waals surface area contributed by atoms with Gasteiger partial charge in [-0.05, 0) is 23.1 Å². The third kappa shape index (κ3) is 3.41. The number of amides is 1. The molecule has 2 heterocycles. The molecular formula is C11H11Cl2N5OS. The maximum absolute atomic E-state index is 12.2. The molecule has 6 nitrogen and oxygen atoms in total. The van der Waals surface area contributed by atoms with Crippen LogP contribution in [0.25, 0.3) is 0 Å². The van der Waals surface area contributed by atoms with Gasteiger partial charge in [0.2, 0.25) is 5.28 Å². The van der Waals surface area contributed by atoms with Crippen molar-refractivity contribution in [2.24, 2.45) is 0 Å². The second kappa shape index (κ2) is 5.59. The lowest BCUT2D eigenvalue weighted by Crippen LogP contribution is -2.20.